The molecule has 0 spiro atoms. The van der Waals surface area contributed by atoms with Gasteiger partial charge in [0.2, 0.25) is 0 Å². The lowest BCUT2D eigenvalue weighted by atomic mass is 9.73. The summed E-state index contributed by atoms with van der Waals surface area (Å²) in [7, 11) is 0. The average Bonchev–Trinajstić information content (AvgIpc) is 3.00. The number of anilines is 4. The lowest BCUT2D eigenvalue weighted by Crippen LogP contribution is -2.30. The van der Waals surface area contributed by atoms with Crippen molar-refractivity contribution in [2.24, 2.45) is 0 Å². The summed E-state index contributed by atoms with van der Waals surface area (Å²) < 4.78 is 0. The van der Waals surface area contributed by atoms with E-state index in [4.69, 9.17) is 0 Å². The molecule has 7 rings (SSSR count). The number of fused-ring (bicyclic) bond motifs is 2. The molecule has 0 unspecified atom stereocenters. The first-order valence-corrected chi connectivity index (χ1v) is 14.7. The van der Waals surface area contributed by atoms with E-state index in [0.717, 1.165) is 24.2 Å². The predicted molar refractivity (Wildman–Crippen MR) is 181 cm³/mol. The van der Waals surface area contributed by atoms with E-state index in [9.17, 15) is 0 Å². The molecule has 41 heavy (non-hydrogen) atoms. The molecule has 1 aliphatic heterocycles. The van der Waals surface area contributed by atoms with Crippen LogP contribution in [-0.2, 0) is 5.41 Å². The summed E-state index contributed by atoms with van der Waals surface area (Å²) >= 11 is 0. The Morgan fingerprint density at radius 1 is 0.634 bits per heavy atom. The zero-order chi connectivity index (χ0) is 28.5. The minimum Gasteiger partial charge on any atom is -0.372 e. The van der Waals surface area contributed by atoms with E-state index < -0.39 is 0 Å². The molecule has 0 aliphatic carbocycles. The molecule has 0 atom stereocenters. The molecular weight excluding hydrogens is 496 g/mol. The number of benzene rings is 6. The Bertz CT molecular complexity index is 1940. The van der Waals surface area contributed by atoms with Crippen molar-refractivity contribution in [1.29, 1.82) is 0 Å². The lowest BCUT2D eigenvalue weighted by Gasteiger charge is -2.42. The zero-order valence-corrected chi connectivity index (χ0v) is 24.5. The highest BCUT2D eigenvalue weighted by molar-refractivity contribution is 6.31. The van der Waals surface area contributed by atoms with E-state index in [0.29, 0.717) is 0 Å². The minimum absolute atomic E-state index is 0.107. The number of hydrogen-bond donors (Lipinski definition) is 0. The zero-order valence-electron chi connectivity index (χ0n) is 24.5. The standard InChI is InChI=1S/C39H36N2/c1-7-25-20-22-28-36(41-33-17-13-11-15-31(33)39(5,6)32-16-12-14-18-34(32)41)24-30-26(8-2)19-21-27-35(40(9-3)10-4)23-29(25)38(28)37(27)30/h7-8,11-24H,1-2,9-10H2,3-6H3. The van der Waals surface area contributed by atoms with Gasteiger partial charge in [-0.25, -0.2) is 0 Å². The van der Waals surface area contributed by atoms with Gasteiger partial charge in [0.1, 0.15) is 0 Å². The van der Waals surface area contributed by atoms with Crippen molar-refractivity contribution in [3.8, 4) is 0 Å². The van der Waals surface area contributed by atoms with Crippen molar-refractivity contribution in [3.63, 3.8) is 0 Å². The van der Waals surface area contributed by atoms with Crippen LogP contribution in [-0.4, -0.2) is 13.1 Å². The maximum atomic E-state index is 4.23. The maximum Gasteiger partial charge on any atom is 0.0547 e. The number of para-hydroxylation sites is 2. The molecule has 2 heteroatoms. The first-order valence-electron chi connectivity index (χ1n) is 14.7. The van der Waals surface area contributed by atoms with E-state index in [1.165, 1.54) is 66.2 Å². The summed E-state index contributed by atoms with van der Waals surface area (Å²) in [4.78, 5) is 4.95. The van der Waals surface area contributed by atoms with E-state index in [1.54, 1.807) is 0 Å². The molecule has 202 valence electrons. The van der Waals surface area contributed by atoms with Gasteiger partial charge < -0.3 is 9.80 Å². The van der Waals surface area contributed by atoms with Gasteiger partial charge >= 0.3 is 0 Å². The molecule has 1 heterocycles. The fourth-order valence-corrected chi connectivity index (χ4v) is 7.27. The molecule has 2 nitrogen and oxygen atoms in total. The third-order valence-electron chi connectivity index (χ3n) is 9.34. The number of rotatable bonds is 6. The highest BCUT2D eigenvalue weighted by Crippen LogP contribution is 2.55. The van der Waals surface area contributed by atoms with Gasteiger partial charge in [0.05, 0.1) is 17.1 Å². The molecule has 0 saturated heterocycles. The molecular formula is C39H36N2. The second-order valence-electron chi connectivity index (χ2n) is 11.6. The molecule has 0 fully saturated rings. The summed E-state index contributed by atoms with van der Waals surface area (Å²) in [5.74, 6) is 0. The Morgan fingerprint density at radius 3 is 1.71 bits per heavy atom. The van der Waals surface area contributed by atoms with Crippen molar-refractivity contribution >= 4 is 67.2 Å². The molecule has 0 bridgehead atoms. The van der Waals surface area contributed by atoms with Crippen LogP contribution >= 0.6 is 0 Å². The Balaban J connectivity index is 1.68. The van der Waals surface area contributed by atoms with Gasteiger partial charge in [-0.1, -0.05) is 99.8 Å². The Labute approximate surface area is 243 Å². The monoisotopic (exact) mass is 532 g/mol. The van der Waals surface area contributed by atoms with Gasteiger partial charge in [0.15, 0.2) is 0 Å². The van der Waals surface area contributed by atoms with Crippen LogP contribution in [0.15, 0.2) is 98.1 Å². The highest BCUT2D eigenvalue weighted by Gasteiger charge is 2.37. The topological polar surface area (TPSA) is 6.48 Å². The summed E-state index contributed by atoms with van der Waals surface area (Å²) in [6.45, 7) is 19.5. The van der Waals surface area contributed by atoms with Crippen LogP contribution in [0.5, 0.6) is 0 Å². The summed E-state index contributed by atoms with van der Waals surface area (Å²) in [6, 6.07) is 31.7. The lowest BCUT2D eigenvalue weighted by molar-refractivity contribution is 0.632. The summed E-state index contributed by atoms with van der Waals surface area (Å²) in [5, 5.41) is 7.63. The largest absolute Gasteiger partial charge is 0.372 e. The predicted octanol–water partition coefficient (Wildman–Crippen LogP) is 10.8. The van der Waals surface area contributed by atoms with Crippen LogP contribution in [0.3, 0.4) is 0 Å². The van der Waals surface area contributed by atoms with Crippen LogP contribution < -0.4 is 9.80 Å². The molecule has 0 aromatic heterocycles. The van der Waals surface area contributed by atoms with Gasteiger partial charge in [0, 0.05) is 45.7 Å². The molecule has 0 saturated carbocycles. The Morgan fingerprint density at radius 2 is 1.15 bits per heavy atom. The molecule has 0 amide bonds. The van der Waals surface area contributed by atoms with Gasteiger partial charge in [0.25, 0.3) is 0 Å². The van der Waals surface area contributed by atoms with Gasteiger partial charge in [-0.15, -0.1) is 0 Å². The smallest absolute Gasteiger partial charge is 0.0547 e. The Kier molecular flexibility index (Phi) is 5.73. The van der Waals surface area contributed by atoms with Gasteiger partial charge in [-0.3, -0.25) is 0 Å². The molecule has 6 aromatic rings. The first kappa shape index (κ1) is 25.4. The first-order chi connectivity index (χ1) is 19.9. The number of hydrogen-bond acceptors (Lipinski definition) is 2. The minimum atomic E-state index is -0.107. The molecule has 0 radical (unpaired) electrons. The third-order valence-corrected chi connectivity index (χ3v) is 9.34. The second-order valence-corrected chi connectivity index (χ2v) is 11.6. The van der Waals surface area contributed by atoms with Crippen LogP contribution in [0.2, 0.25) is 0 Å². The second kappa shape index (κ2) is 9.24. The van der Waals surface area contributed by atoms with Crippen LogP contribution in [0.1, 0.15) is 49.9 Å². The average molecular weight is 533 g/mol. The molecule has 6 aromatic carbocycles. The Hall–Kier alpha value is -4.56. The highest BCUT2D eigenvalue weighted by atomic mass is 15.2. The van der Waals surface area contributed by atoms with Crippen LogP contribution in [0, 0.1) is 0 Å². The van der Waals surface area contributed by atoms with Crippen molar-refractivity contribution in [1.82, 2.24) is 0 Å². The molecule has 0 N–H and O–H groups in total. The van der Waals surface area contributed by atoms with Crippen molar-refractivity contribution in [2.45, 2.75) is 33.1 Å². The quantitative estimate of drug-likeness (QED) is 0.197. The van der Waals surface area contributed by atoms with Crippen molar-refractivity contribution in [2.75, 3.05) is 22.9 Å². The van der Waals surface area contributed by atoms with E-state index in [2.05, 4.69) is 136 Å². The fraction of sp³-hybridized carbons (Fsp3) is 0.179. The number of nitrogens with zero attached hydrogens (tertiary/aromatic N) is 2. The normalized spacial score (nSPS) is 13.9. The molecule has 1 aliphatic rings. The maximum absolute atomic E-state index is 4.23. The van der Waals surface area contributed by atoms with E-state index in [1.807, 2.05) is 12.2 Å². The van der Waals surface area contributed by atoms with Crippen molar-refractivity contribution in [3.05, 3.63) is 120 Å². The van der Waals surface area contributed by atoms with Crippen LogP contribution in [0.25, 0.3) is 44.5 Å². The van der Waals surface area contributed by atoms with E-state index in [-0.39, 0.29) is 5.41 Å². The van der Waals surface area contributed by atoms with E-state index >= 15 is 0 Å². The fourth-order valence-electron chi connectivity index (χ4n) is 7.27. The SMILES string of the molecule is C=Cc1ccc2c(N(CC)CC)cc3c(C=C)ccc4c(N5c6ccccc6C(C)(C)c6ccccc65)cc1c2c34. The third kappa shape index (κ3) is 3.43. The van der Waals surface area contributed by atoms with Crippen molar-refractivity contribution < 1.29 is 0 Å². The summed E-state index contributed by atoms with van der Waals surface area (Å²) in [5.41, 5.74) is 9.83. The van der Waals surface area contributed by atoms with Gasteiger partial charge in [-0.2, -0.15) is 0 Å². The van der Waals surface area contributed by atoms with Gasteiger partial charge in [-0.05, 0) is 71.1 Å². The van der Waals surface area contributed by atoms with Crippen LogP contribution in [0.4, 0.5) is 22.7 Å². The summed E-state index contributed by atoms with van der Waals surface area (Å²) in [6.07, 6.45) is 4.00.